The van der Waals surface area contributed by atoms with E-state index >= 15 is 0 Å². The second-order valence-corrected chi connectivity index (χ2v) is 5.36. The second kappa shape index (κ2) is 7.04. The van der Waals surface area contributed by atoms with E-state index < -0.39 is 5.92 Å². The highest BCUT2D eigenvalue weighted by atomic mass is 16.1. The minimum Gasteiger partial charge on any atom is -0.298 e. The largest absolute Gasteiger partial charge is 0.298 e. The van der Waals surface area contributed by atoms with Crippen LogP contribution in [0.4, 0.5) is 0 Å². The molecule has 1 atom stereocenters. The first kappa shape index (κ1) is 13.7. The SMILES string of the molecule is N#CC(C(=O)CCC1CCCCC1)c1cccnc1. The van der Waals surface area contributed by atoms with Crippen molar-refractivity contribution >= 4 is 5.78 Å². The predicted octanol–water partition coefficient (Wildman–Crippen LogP) is 3.62. The Morgan fingerprint density at radius 3 is 2.84 bits per heavy atom. The van der Waals surface area contributed by atoms with Gasteiger partial charge in [-0.3, -0.25) is 9.78 Å². The summed E-state index contributed by atoms with van der Waals surface area (Å²) in [4.78, 5) is 16.1. The fourth-order valence-electron chi connectivity index (χ4n) is 2.85. The molecule has 1 fully saturated rings. The molecule has 2 rings (SSSR count). The molecule has 0 saturated heterocycles. The van der Waals surface area contributed by atoms with Crippen molar-refractivity contribution < 1.29 is 4.79 Å². The Bertz CT molecular complexity index is 444. The first-order valence-electron chi connectivity index (χ1n) is 7.13. The lowest BCUT2D eigenvalue weighted by Crippen LogP contribution is -2.14. The van der Waals surface area contributed by atoms with E-state index in [0.717, 1.165) is 12.0 Å². The number of nitriles is 1. The molecular formula is C16H20N2O. The number of hydrogen-bond donors (Lipinski definition) is 0. The zero-order valence-electron chi connectivity index (χ0n) is 11.2. The number of ketones is 1. The summed E-state index contributed by atoms with van der Waals surface area (Å²) in [7, 11) is 0. The summed E-state index contributed by atoms with van der Waals surface area (Å²) in [6.07, 6.45) is 11.2. The van der Waals surface area contributed by atoms with Crippen LogP contribution < -0.4 is 0 Å². The molecule has 1 aliphatic rings. The summed E-state index contributed by atoms with van der Waals surface area (Å²) < 4.78 is 0. The van der Waals surface area contributed by atoms with E-state index in [4.69, 9.17) is 0 Å². The van der Waals surface area contributed by atoms with Gasteiger partial charge < -0.3 is 0 Å². The maximum absolute atomic E-state index is 12.2. The van der Waals surface area contributed by atoms with E-state index in [-0.39, 0.29) is 5.78 Å². The topological polar surface area (TPSA) is 53.8 Å². The minimum absolute atomic E-state index is 0.0427. The number of nitrogens with zero attached hydrogens (tertiary/aromatic N) is 2. The van der Waals surface area contributed by atoms with Gasteiger partial charge in [-0.25, -0.2) is 0 Å². The molecule has 0 amide bonds. The van der Waals surface area contributed by atoms with Crippen molar-refractivity contribution in [2.45, 2.75) is 50.9 Å². The van der Waals surface area contributed by atoms with Gasteiger partial charge in [0.15, 0.2) is 5.78 Å². The van der Waals surface area contributed by atoms with E-state index in [1.807, 2.05) is 0 Å². The third kappa shape index (κ3) is 3.89. The van der Waals surface area contributed by atoms with Gasteiger partial charge in [-0.2, -0.15) is 5.26 Å². The lowest BCUT2D eigenvalue weighted by molar-refractivity contribution is -0.119. The summed E-state index contributed by atoms with van der Waals surface area (Å²) in [6.45, 7) is 0. The molecule has 1 unspecified atom stereocenters. The molecule has 0 aromatic carbocycles. The lowest BCUT2D eigenvalue weighted by Gasteiger charge is -2.21. The Hall–Kier alpha value is -1.69. The van der Waals surface area contributed by atoms with E-state index in [0.29, 0.717) is 12.3 Å². The number of hydrogen-bond acceptors (Lipinski definition) is 3. The first-order valence-corrected chi connectivity index (χ1v) is 7.13. The lowest BCUT2D eigenvalue weighted by atomic mass is 9.84. The van der Waals surface area contributed by atoms with Gasteiger partial charge in [-0.15, -0.1) is 0 Å². The molecule has 1 saturated carbocycles. The number of Topliss-reactive ketones (excluding diaryl/α,β-unsaturated/α-hetero) is 1. The maximum Gasteiger partial charge on any atom is 0.154 e. The number of rotatable bonds is 5. The van der Waals surface area contributed by atoms with Crippen LogP contribution in [0.2, 0.25) is 0 Å². The fraction of sp³-hybridized carbons (Fsp3) is 0.562. The number of aromatic nitrogens is 1. The normalized spacial score (nSPS) is 17.6. The van der Waals surface area contributed by atoms with Crippen LogP contribution in [-0.4, -0.2) is 10.8 Å². The third-order valence-corrected chi connectivity index (χ3v) is 3.99. The molecule has 0 radical (unpaired) electrons. The van der Waals surface area contributed by atoms with Crippen molar-refractivity contribution in [1.29, 1.82) is 5.26 Å². The fourth-order valence-corrected chi connectivity index (χ4v) is 2.85. The number of carbonyl (C=O) groups excluding carboxylic acids is 1. The van der Waals surface area contributed by atoms with Crippen LogP contribution in [0.1, 0.15) is 56.4 Å². The average molecular weight is 256 g/mol. The summed E-state index contributed by atoms with van der Waals surface area (Å²) in [5.74, 6) is 0.0873. The van der Waals surface area contributed by atoms with E-state index in [1.54, 1.807) is 24.5 Å². The molecule has 19 heavy (non-hydrogen) atoms. The Kier molecular flexibility index (Phi) is 5.09. The summed E-state index contributed by atoms with van der Waals surface area (Å²) in [5, 5.41) is 9.19. The molecule has 0 bridgehead atoms. The van der Waals surface area contributed by atoms with Gasteiger partial charge in [0, 0.05) is 18.8 Å². The Balaban J connectivity index is 1.89. The van der Waals surface area contributed by atoms with Gasteiger partial charge in [-0.1, -0.05) is 38.2 Å². The highest BCUT2D eigenvalue weighted by Gasteiger charge is 2.22. The molecule has 3 heteroatoms. The van der Waals surface area contributed by atoms with Crippen LogP contribution in [0.25, 0.3) is 0 Å². The van der Waals surface area contributed by atoms with Crippen molar-refractivity contribution in [2.75, 3.05) is 0 Å². The highest BCUT2D eigenvalue weighted by molar-refractivity contribution is 5.88. The van der Waals surface area contributed by atoms with Gasteiger partial charge in [0.25, 0.3) is 0 Å². The smallest absolute Gasteiger partial charge is 0.154 e. The van der Waals surface area contributed by atoms with Crippen LogP contribution in [0.5, 0.6) is 0 Å². The molecule has 0 spiro atoms. The van der Waals surface area contributed by atoms with Crippen LogP contribution in [-0.2, 0) is 4.79 Å². The maximum atomic E-state index is 12.2. The summed E-state index contributed by atoms with van der Waals surface area (Å²) in [5.41, 5.74) is 0.721. The molecule has 1 aromatic rings. The third-order valence-electron chi connectivity index (χ3n) is 3.99. The van der Waals surface area contributed by atoms with Crippen LogP contribution >= 0.6 is 0 Å². The first-order chi connectivity index (χ1) is 9.31. The van der Waals surface area contributed by atoms with Crippen molar-refractivity contribution in [1.82, 2.24) is 4.98 Å². The van der Waals surface area contributed by atoms with E-state index in [1.165, 1.54) is 32.1 Å². The van der Waals surface area contributed by atoms with Gasteiger partial charge in [-0.05, 0) is 24.0 Å². The molecule has 1 aromatic heterocycles. The standard InChI is InChI=1S/C16H20N2O/c17-11-15(14-7-4-10-18-12-14)16(19)9-8-13-5-2-1-3-6-13/h4,7,10,12-13,15H,1-3,5-6,8-9H2. The summed E-state index contributed by atoms with van der Waals surface area (Å²) >= 11 is 0. The molecular weight excluding hydrogens is 236 g/mol. The Labute approximate surface area is 114 Å². The van der Waals surface area contributed by atoms with Crippen LogP contribution in [0.3, 0.4) is 0 Å². The minimum atomic E-state index is -0.641. The Morgan fingerprint density at radius 2 is 2.21 bits per heavy atom. The van der Waals surface area contributed by atoms with E-state index in [9.17, 15) is 10.1 Å². The quantitative estimate of drug-likeness (QED) is 0.808. The van der Waals surface area contributed by atoms with Gasteiger partial charge in [0.1, 0.15) is 5.92 Å². The van der Waals surface area contributed by atoms with Crippen molar-refractivity contribution in [3.05, 3.63) is 30.1 Å². The van der Waals surface area contributed by atoms with Gasteiger partial charge >= 0.3 is 0 Å². The highest BCUT2D eigenvalue weighted by Crippen LogP contribution is 2.28. The zero-order valence-corrected chi connectivity index (χ0v) is 11.2. The summed E-state index contributed by atoms with van der Waals surface area (Å²) in [6, 6.07) is 5.69. The molecule has 1 aliphatic carbocycles. The average Bonchev–Trinajstić information content (AvgIpc) is 2.48. The van der Waals surface area contributed by atoms with Crippen molar-refractivity contribution in [3.63, 3.8) is 0 Å². The molecule has 1 heterocycles. The second-order valence-electron chi connectivity index (χ2n) is 5.36. The predicted molar refractivity (Wildman–Crippen MR) is 73.4 cm³/mol. The monoisotopic (exact) mass is 256 g/mol. The molecule has 100 valence electrons. The molecule has 0 N–H and O–H groups in total. The number of pyridine rings is 1. The Morgan fingerprint density at radius 1 is 1.42 bits per heavy atom. The van der Waals surface area contributed by atoms with Crippen LogP contribution in [0.15, 0.2) is 24.5 Å². The number of carbonyl (C=O) groups is 1. The van der Waals surface area contributed by atoms with Crippen molar-refractivity contribution in [2.24, 2.45) is 5.92 Å². The van der Waals surface area contributed by atoms with Gasteiger partial charge in [0.2, 0.25) is 0 Å². The van der Waals surface area contributed by atoms with Crippen molar-refractivity contribution in [3.8, 4) is 6.07 Å². The van der Waals surface area contributed by atoms with Gasteiger partial charge in [0.05, 0.1) is 6.07 Å². The molecule has 3 nitrogen and oxygen atoms in total. The molecule has 0 aliphatic heterocycles. The van der Waals surface area contributed by atoms with E-state index in [2.05, 4.69) is 11.1 Å². The zero-order chi connectivity index (χ0) is 13.5. The van der Waals surface area contributed by atoms with Crippen LogP contribution in [0, 0.1) is 17.2 Å².